The Morgan fingerprint density at radius 1 is 1.00 bits per heavy atom. The quantitative estimate of drug-likeness (QED) is 0.834. The van der Waals surface area contributed by atoms with Crippen molar-refractivity contribution in [1.29, 1.82) is 0 Å². The lowest BCUT2D eigenvalue weighted by atomic mass is 9.94. The first kappa shape index (κ1) is 18.1. The van der Waals surface area contributed by atoms with Crippen molar-refractivity contribution < 1.29 is 26.3 Å². The summed E-state index contributed by atoms with van der Waals surface area (Å²) in [4.78, 5) is 1.70. The first-order chi connectivity index (χ1) is 10.7. The SMILES string of the molecule is FC(F)(F)CC[C@H](c1ccccc1C(F)(F)F)N1CCNCC1. The average molecular weight is 340 g/mol. The molecule has 0 saturated carbocycles. The van der Waals surface area contributed by atoms with Gasteiger partial charge in [0.15, 0.2) is 0 Å². The second-order valence-electron chi connectivity index (χ2n) is 5.54. The molecule has 0 unspecified atom stereocenters. The molecular formula is C15H18F6N2. The molecule has 1 aliphatic rings. The summed E-state index contributed by atoms with van der Waals surface area (Å²) in [6.45, 7) is 1.96. The Hall–Kier alpha value is -1.28. The number of hydrogen-bond acceptors (Lipinski definition) is 2. The summed E-state index contributed by atoms with van der Waals surface area (Å²) < 4.78 is 77.3. The topological polar surface area (TPSA) is 15.3 Å². The molecule has 2 rings (SSSR count). The van der Waals surface area contributed by atoms with E-state index >= 15 is 0 Å². The monoisotopic (exact) mass is 340 g/mol. The standard InChI is InChI=1S/C15H18F6N2/c16-14(17,18)6-5-13(23-9-7-22-8-10-23)11-3-1-2-4-12(11)15(19,20)21/h1-4,13,22H,5-10H2/t13-/m1/s1. The van der Waals surface area contributed by atoms with Crippen LogP contribution in [-0.2, 0) is 6.18 Å². The molecule has 1 heterocycles. The molecule has 1 aromatic rings. The van der Waals surface area contributed by atoms with Crippen molar-refractivity contribution >= 4 is 0 Å². The minimum atomic E-state index is -4.58. The van der Waals surface area contributed by atoms with Crippen LogP contribution < -0.4 is 5.32 Å². The van der Waals surface area contributed by atoms with E-state index in [9.17, 15) is 26.3 Å². The van der Waals surface area contributed by atoms with E-state index in [4.69, 9.17) is 0 Å². The van der Waals surface area contributed by atoms with Crippen molar-refractivity contribution in [3.05, 3.63) is 35.4 Å². The Kier molecular flexibility index (Phi) is 5.57. The van der Waals surface area contributed by atoms with Gasteiger partial charge in [-0.1, -0.05) is 18.2 Å². The number of nitrogens with zero attached hydrogens (tertiary/aromatic N) is 1. The van der Waals surface area contributed by atoms with Crippen molar-refractivity contribution in [3.8, 4) is 0 Å². The number of nitrogens with one attached hydrogen (secondary N) is 1. The predicted octanol–water partition coefficient (Wildman–Crippen LogP) is 3.99. The van der Waals surface area contributed by atoms with Crippen LogP contribution in [0.5, 0.6) is 0 Å². The number of rotatable bonds is 4. The van der Waals surface area contributed by atoms with Gasteiger partial charge in [0.2, 0.25) is 0 Å². The van der Waals surface area contributed by atoms with Gasteiger partial charge < -0.3 is 5.32 Å². The van der Waals surface area contributed by atoms with Gasteiger partial charge in [0.25, 0.3) is 0 Å². The highest BCUT2D eigenvalue weighted by atomic mass is 19.4. The molecule has 8 heteroatoms. The summed E-state index contributed by atoms with van der Waals surface area (Å²) in [5.74, 6) is 0. The fraction of sp³-hybridized carbons (Fsp3) is 0.600. The van der Waals surface area contributed by atoms with Gasteiger partial charge in [-0.2, -0.15) is 26.3 Å². The van der Waals surface area contributed by atoms with E-state index in [-0.39, 0.29) is 12.0 Å². The Balaban J connectivity index is 2.33. The lowest BCUT2D eigenvalue weighted by Crippen LogP contribution is -2.45. The van der Waals surface area contributed by atoms with Crippen LogP contribution in [0.1, 0.15) is 30.0 Å². The fourth-order valence-corrected chi connectivity index (χ4v) is 2.87. The van der Waals surface area contributed by atoms with Gasteiger partial charge in [-0.05, 0) is 18.1 Å². The first-order valence-electron chi connectivity index (χ1n) is 7.36. The van der Waals surface area contributed by atoms with Gasteiger partial charge in [0, 0.05) is 38.6 Å². The van der Waals surface area contributed by atoms with E-state index in [1.807, 2.05) is 0 Å². The summed E-state index contributed by atoms with van der Waals surface area (Å²) >= 11 is 0. The van der Waals surface area contributed by atoms with E-state index in [1.54, 1.807) is 4.90 Å². The third-order valence-corrected chi connectivity index (χ3v) is 3.92. The molecule has 2 nitrogen and oxygen atoms in total. The predicted molar refractivity (Wildman–Crippen MR) is 73.9 cm³/mol. The maximum atomic E-state index is 13.2. The van der Waals surface area contributed by atoms with Crippen LogP contribution in [-0.4, -0.2) is 37.3 Å². The minimum Gasteiger partial charge on any atom is -0.314 e. The van der Waals surface area contributed by atoms with E-state index < -0.39 is 30.4 Å². The number of alkyl halides is 6. The summed E-state index contributed by atoms with van der Waals surface area (Å²) in [5, 5.41) is 3.05. The van der Waals surface area contributed by atoms with Crippen LogP contribution in [0.25, 0.3) is 0 Å². The molecule has 130 valence electrons. The molecule has 0 amide bonds. The number of halogens is 6. The highest BCUT2D eigenvalue weighted by Crippen LogP contribution is 2.39. The van der Waals surface area contributed by atoms with E-state index in [0.717, 1.165) is 6.07 Å². The third-order valence-electron chi connectivity index (χ3n) is 3.92. The van der Waals surface area contributed by atoms with Gasteiger partial charge in [-0.3, -0.25) is 4.90 Å². The molecule has 0 aliphatic carbocycles. The summed E-state index contributed by atoms with van der Waals surface area (Å²) in [7, 11) is 0. The first-order valence-corrected chi connectivity index (χ1v) is 7.36. The molecule has 0 spiro atoms. The maximum absolute atomic E-state index is 13.2. The minimum absolute atomic E-state index is 0.0776. The van der Waals surface area contributed by atoms with Gasteiger partial charge in [-0.25, -0.2) is 0 Å². The maximum Gasteiger partial charge on any atom is 0.416 e. The summed E-state index contributed by atoms with van der Waals surface area (Å²) in [6, 6.07) is 4.01. The molecule has 1 atom stereocenters. The highest BCUT2D eigenvalue weighted by Gasteiger charge is 2.38. The molecular weight excluding hydrogens is 322 g/mol. The summed E-state index contributed by atoms with van der Waals surface area (Å²) in [5.41, 5.74) is -0.933. The van der Waals surface area contributed by atoms with E-state index in [0.29, 0.717) is 26.2 Å². The van der Waals surface area contributed by atoms with Crippen LogP contribution in [0.15, 0.2) is 24.3 Å². The van der Waals surface area contributed by atoms with Crippen LogP contribution in [0, 0.1) is 0 Å². The molecule has 1 N–H and O–H groups in total. The van der Waals surface area contributed by atoms with Crippen LogP contribution in [0.2, 0.25) is 0 Å². The zero-order valence-electron chi connectivity index (χ0n) is 12.3. The Labute approximate surface area is 130 Å². The molecule has 23 heavy (non-hydrogen) atoms. The van der Waals surface area contributed by atoms with Gasteiger partial charge in [0.1, 0.15) is 0 Å². The number of benzene rings is 1. The second kappa shape index (κ2) is 7.09. The van der Waals surface area contributed by atoms with Gasteiger partial charge in [0.05, 0.1) is 5.56 Å². The van der Waals surface area contributed by atoms with Crippen molar-refractivity contribution in [2.75, 3.05) is 26.2 Å². The van der Waals surface area contributed by atoms with E-state index in [2.05, 4.69) is 5.32 Å². The molecule has 0 bridgehead atoms. The Morgan fingerprint density at radius 3 is 2.17 bits per heavy atom. The highest BCUT2D eigenvalue weighted by molar-refractivity contribution is 5.32. The third kappa shape index (κ3) is 5.10. The lowest BCUT2D eigenvalue weighted by Gasteiger charge is -2.36. The lowest BCUT2D eigenvalue weighted by molar-refractivity contribution is -0.141. The normalized spacial score (nSPS) is 18.9. The van der Waals surface area contributed by atoms with Crippen LogP contribution in [0.4, 0.5) is 26.3 Å². The Bertz CT molecular complexity index is 505. The van der Waals surface area contributed by atoms with Gasteiger partial charge in [-0.15, -0.1) is 0 Å². The molecule has 0 aromatic heterocycles. The molecule has 1 aromatic carbocycles. The van der Waals surface area contributed by atoms with Crippen LogP contribution >= 0.6 is 0 Å². The molecule has 1 saturated heterocycles. The van der Waals surface area contributed by atoms with Crippen molar-refractivity contribution in [2.24, 2.45) is 0 Å². The van der Waals surface area contributed by atoms with Gasteiger partial charge >= 0.3 is 12.4 Å². The van der Waals surface area contributed by atoms with Crippen LogP contribution in [0.3, 0.4) is 0 Å². The number of hydrogen-bond donors (Lipinski definition) is 1. The molecule has 1 aliphatic heterocycles. The number of piperazine rings is 1. The molecule has 1 fully saturated rings. The fourth-order valence-electron chi connectivity index (χ4n) is 2.87. The zero-order chi connectivity index (χ0) is 17.1. The Morgan fingerprint density at radius 2 is 1.61 bits per heavy atom. The van der Waals surface area contributed by atoms with Crippen molar-refractivity contribution in [3.63, 3.8) is 0 Å². The van der Waals surface area contributed by atoms with Crippen molar-refractivity contribution in [2.45, 2.75) is 31.2 Å². The summed E-state index contributed by atoms with van der Waals surface area (Å²) in [6.07, 6.45) is -10.5. The van der Waals surface area contributed by atoms with Crippen molar-refractivity contribution in [1.82, 2.24) is 10.2 Å². The second-order valence-corrected chi connectivity index (χ2v) is 5.54. The largest absolute Gasteiger partial charge is 0.416 e. The average Bonchev–Trinajstić information content (AvgIpc) is 2.47. The zero-order valence-corrected chi connectivity index (χ0v) is 12.3. The van der Waals surface area contributed by atoms with E-state index in [1.165, 1.54) is 18.2 Å². The smallest absolute Gasteiger partial charge is 0.314 e. The molecule has 0 radical (unpaired) electrons.